The van der Waals surface area contributed by atoms with Crippen LogP contribution in [0.2, 0.25) is 0 Å². The van der Waals surface area contributed by atoms with E-state index >= 15 is 0 Å². The molecular weight excluding hydrogens is 200 g/mol. The van der Waals surface area contributed by atoms with Crippen LogP contribution in [-0.2, 0) is 23.6 Å². The van der Waals surface area contributed by atoms with Crippen LogP contribution in [0.25, 0.3) is 0 Å². The van der Waals surface area contributed by atoms with Crippen molar-refractivity contribution in [2.75, 3.05) is 0 Å². The molecule has 0 amide bonds. The van der Waals surface area contributed by atoms with Gasteiger partial charge in [-0.05, 0) is 29.5 Å². The predicted octanol–water partition coefficient (Wildman–Crippen LogP) is 2.87. The molecular formula is C14H18O2. The highest BCUT2D eigenvalue weighted by atomic mass is 16.5. The van der Waals surface area contributed by atoms with E-state index in [4.69, 9.17) is 4.74 Å². The highest BCUT2D eigenvalue weighted by Crippen LogP contribution is 2.40. The number of rotatable bonds is 1. The Labute approximate surface area is 96.2 Å². The number of fused-ring (bicyclic) bond motifs is 1. The molecule has 0 saturated heterocycles. The third kappa shape index (κ3) is 1.57. The molecule has 0 spiro atoms. The van der Waals surface area contributed by atoms with Gasteiger partial charge in [0.05, 0.1) is 18.8 Å². The van der Waals surface area contributed by atoms with Gasteiger partial charge in [-0.2, -0.15) is 0 Å². The number of hydrogen-bond acceptors (Lipinski definition) is 2. The Balaban J connectivity index is 2.02. The van der Waals surface area contributed by atoms with Crippen molar-refractivity contribution in [3.8, 4) is 0 Å². The Kier molecular flexibility index (Phi) is 2.49. The summed E-state index contributed by atoms with van der Waals surface area (Å²) >= 11 is 0. The quantitative estimate of drug-likeness (QED) is 0.785. The Bertz CT molecular complexity index is 392. The maximum absolute atomic E-state index is 10.8. The fourth-order valence-corrected chi connectivity index (χ4v) is 3.05. The van der Waals surface area contributed by atoms with Gasteiger partial charge in [0, 0.05) is 0 Å². The van der Waals surface area contributed by atoms with E-state index in [2.05, 4.69) is 18.2 Å². The summed E-state index contributed by atoms with van der Waals surface area (Å²) in [5.74, 6) is 0. The molecule has 2 heteroatoms. The Morgan fingerprint density at radius 2 is 1.88 bits per heavy atom. The summed E-state index contributed by atoms with van der Waals surface area (Å²) < 4.78 is 5.48. The van der Waals surface area contributed by atoms with Crippen molar-refractivity contribution in [1.82, 2.24) is 0 Å². The van der Waals surface area contributed by atoms with Crippen LogP contribution in [0.4, 0.5) is 0 Å². The topological polar surface area (TPSA) is 29.5 Å². The molecule has 0 atom stereocenters. The second-order valence-electron chi connectivity index (χ2n) is 5.03. The van der Waals surface area contributed by atoms with Crippen molar-refractivity contribution >= 4 is 0 Å². The lowest BCUT2D eigenvalue weighted by Crippen LogP contribution is -2.29. The van der Waals surface area contributed by atoms with E-state index in [1.165, 1.54) is 17.5 Å². The van der Waals surface area contributed by atoms with Gasteiger partial charge in [0.1, 0.15) is 0 Å². The molecule has 0 bridgehead atoms. The molecule has 1 saturated carbocycles. The molecule has 86 valence electrons. The molecule has 1 heterocycles. The lowest BCUT2D eigenvalue weighted by atomic mass is 9.77. The standard InChI is InChI=1S/C14H18O2/c15-14(7-2-1-3-8-14)13-6-4-5-11-9-16-10-12(11)13/h4-6,15H,1-3,7-10H2. The largest absolute Gasteiger partial charge is 0.385 e. The SMILES string of the molecule is OC1(c2cccc3c2COC3)CCCCC1. The van der Waals surface area contributed by atoms with Crippen molar-refractivity contribution in [3.05, 3.63) is 34.9 Å². The van der Waals surface area contributed by atoms with E-state index in [1.807, 2.05) is 0 Å². The fraction of sp³-hybridized carbons (Fsp3) is 0.571. The zero-order valence-corrected chi connectivity index (χ0v) is 9.54. The molecule has 1 aliphatic carbocycles. The van der Waals surface area contributed by atoms with Crippen LogP contribution >= 0.6 is 0 Å². The van der Waals surface area contributed by atoms with E-state index in [-0.39, 0.29) is 0 Å². The van der Waals surface area contributed by atoms with Gasteiger partial charge < -0.3 is 9.84 Å². The average Bonchev–Trinajstić information content (AvgIpc) is 2.77. The first-order valence-electron chi connectivity index (χ1n) is 6.21. The van der Waals surface area contributed by atoms with Crippen LogP contribution in [0.5, 0.6) is 0 Å². The molecule has 1 aromatic rings. The molecule has 0 aromatic heterocycles. The maximum Gasteiger partial charge on any atom is 0.0900 e. The molecule has 1 aliphatic heterocycles. The van der Waals surface area contributed by atoms with Gasteiger partial charge in [0.15, 0.2) is 0 Å². The van der Waals surface area contributed by atoms with Crippen LogP contribution in [-0.4, -0.2) is 5.11 Å². The number of aliphatic hydroxyl groups is 1. The fourth-order valence-electron chi connectivity index (χ4n) is 3.05. The van der Waals surface area contributed by atoms with Crippen LogP contribution < -0.4 is 0 Å². The highest BCUT2D eigenvalue weighted by Gasteiger charge is 2.34. The lowest BCUT2D eigenvalue weighted by Gasteiger charge is -2.34. The summed E-state index contributed by atoms with van der Waals surface area (Å²) in [5, 5.41) is 10.8. The first-order valence-corrected chi connectivity index (χ1v) is 6.21. The summed E-state index contributed by atoms with van der Waals surface area (Å²) in [7, 11) is 0. The minimum Gasteiger partial charge on any atom is -0.385 e. The molecule has 1 fully saturated rings. The van der Waals surface area contributed by atoms with E-state index in [9.17, 15) is 5.11 Å². The second-order valence-corrected chi connectivity index (χ2v) is 5.03. The molecule has 3 rings (SSSR count). The van der Waals surface area contributed by atoms with E-state index < -0.39 is 5.60 Å². The monoisotopic (exact) mass is 218 g/mol. The zero-order chi connectivity index (χ0) is 11.0. The van der Waals surface area contributed by atoms with Gasteiger partial charge in [0.25, 0.3) is 0 Å². The molecule has 2 nitrogen and oxygen atoms in total. The van der Waals surface area contributed by atoms with Crippen molar-refractivity contribution in [2.45, 2.75) is 50.9 Å². The second kappa shape index (κ2) is 3.86. The molecule has 1 aromatic carbocycles. The van der Waals surface area contributed by atoms with Gasteiger partial charge >= 0.3 is 0 Å². The van der Waals surface area contributed by atoms with Gasteiger partial charge in [-0.1, -0.05) is 37.5 Å². The first kappa shape index (κ1) is 10.3. The highest BCUT2D eigenvalue weighted by molar-refractivity contribution is 5.40. The van der Waals surface area contributed by atoms with Crippen molar-refractivity contribution < 1.29 is 9.84 Å². The Morgan fingerprint density at radius 1 is 1.06 bits per heavy atom. The van der Waals surface area contributed by atoms with Gasteiger partial charge in [-0.3, -0.25) is 0 Å². The van der Waals surface area contributed by atoms with E-state index in [1.54, 1.807) is 0 Å². The van der Waals surface area contributed by atoms with Crippen molar-refractivity contribution in [1.29, 1.82) is 0 Å². The Morgan fingerprint density at radius 3 is 2.69 bits per heavy atom. The smallest absolute Gasteiger partial charge is 0.0900 e. The van der Waals surface area contributed by atoms with Crippen LogP contribution in [0.1, 0.15) is 48.8 Å². The van der Waals surface area contributed by atoms with Gasteiger partial charge in [0.2, 0.25) is 0 Å². The number of hydrogen-bond donors (Lipinski definition) is 1. The summed E-state index contributed by atoms with van der Waals surface area (Å²) in [6, 6.07) is 6.24. The first-order chi connectivity index (χ1) is 7.80. The van der Waals surface area contributed by atoms with Crippen LogP contribution in [0.3, 0.4) is 0 Å². The minimum atomic E-state index is -0.586. The maximum atomic E-state index is 10.8. The van der Waals surface area contributed by atoms with Crippen LogP contribution in [0, 0.1) is 0 Å². The lowest BCUT2D eigenvalue weighted by molar-refractivity contribution is -0.00226. The third-order valence-electron chi connectivity index (χ3n) is 3.96. The molecule has 0 radical (unpaired) electrons. The average molecular weight is 218 g/mol. The van der Waals surface area contributed by atoms with E-state index in [0.29, 0.717) is 13.2 Å². The van der Waals surface area contributed by atoms with Gasteiger partial charge in [-0.25, -0.2) is 0 Å². The zero-order valence-electron chi connectivity index (χ0n) is 9.54. The Hall–Kier alpha value is -0.860. The summed E-state index contributed by atoms with van der Waals surface area (Å²) in [6.07, 6.45) is 5.35. The third-order valence-corrected chi connectivity index (χ3v) is 3.96. The molecule has 0 unspecified atom stereocenters. The summed E-state index contributed by atoms with van der Waals surface area (Å²) in [4.78, 5) is 0. The number of benzene rings is 1. The van der Waals surface area contributed by atoms with E-state index in [0.717, 1.165) is 31.2 Å². The predicted molar refractivity (Wildman–Crippen MR) is 61.9 cm³/mol. The normalized spacial score (nSPS) is 23.1. The molecule has 2 aliphatic rings. The molecule has 16 heavy (non-hydrogen) atoms. The van der Waals surface area contributed by atoms with Crippen molar-refractivity contribution in [3.63, 3.8) is 0 Å². The van der Waals surface area contributed by atoms with Gasteiger partial charge in [-0.15, -0.1) is 0 Å². The summed E-state index contributed by atoms with van der Waals surface area (Å²) in [6.45, 7) is 1.38. The van der Waals surface area contributed by atoms with Crippen molar-refractivity contribution in [2.24, 2.45) is 0 Å². The summed E-state index contributed by atoms with van der Waals surface area (Å²) in [5.41, 5.74) is 3.04. The minimum absolute atomic E-state index is 0.586. The molecule has 1 N–H and O–H groups in total. The number of ether oxygens (including phenoxy) is 1. The van der Waals surface area contributed by atoms with Crippen LogP contribution in [0.15, 0.2) is 18.2 Å².